The van der Waals surface area contributed by atoms with Gasteiger partial charge < -0.3 is 9.64 Å². The van der Waals surface area contributed by atoms with Crippen molar-refractivity contribution in [3.8, 4) is 0 Å². The summed E-state index contributed by atoms with van der Waals surface area (Å²) in [7, 11) is 4.01. The van der Waals surface area contributed by atoms with Crippen molar-refractivity contribution in [1.29, 1.82) is 0 Å². The van der Waals surface area contributed by atoms with Crippen LogP contribution in [0.1, 0.15) is 22.6 Å². The maximum atomic E-state index is 5.76. The number of hydrogen-bond donors (Lipinski definition) is 0. The van der Waals surface area contributed by atoms with Crippen molar-refractivity contribution in [3.05, 3.63) is 50.5 Å². The van der Waals surface area contributed by atoms with Crippen molar-refractivity contribution in [1.82, 2.24) is 4.90 Å². The standard InChI is InChI=1S/C16H19NOS2/c1-17-9-3-6-12(18-2)16(17)15(13-7-4-10-19-13)14-8-5-11-20-14/h4-5,7-8,10-12H,3,6,9H2,1-2H3. The lowest BCUT2D eigenvalue weighted by Gasteiger charge is -2.35. The van der Waals surface area contributed by atoms with Gasteiger partial charge in [-0.3, -0.25) is 0 Å². The zero-order valence-corrected chi connectivity index (χ0v) is 13.5. The zero-order chi connectivity index (χ0) is 13.9. The van der Waals surface area contributed by atoms with Crippen molar-refractivity contribution in [2.24, 2.45) is 0 Å². The molecule has 2 aromatic heterocycles. The normalized spacial score (nSPS) is 19.4. The molecule has 0 saturated carbocycles. The van der Waals surface area contributed by atoms with E-state index in [1.54, 1.807) is 22.7 Å². The van der Waals surface area contributed by atoms with E-state index in [-0.39, 0.29) is 6.10 Å². The van der Waals surface area contributed by atoms with Gasteiger partial charge in [0.15, 0.2) is 0 Å². The highest BCUT2D eigenvalue weighted by Crippen LogP contribution is 2.37. The van der Waals surface area contributed by atoms with Gasteiger partial charge >= 0.3 is 0 Å². The van der Waals surface area contributed by atoms with E-state index >= 15 is 0 Å². The number of rotatable bonds is 3. The van der Waals surface area contributed by atoms with Gasteiger partial charge in [0.25, 0.3) is 0 Å². The van der Waals surface area contributed by atoms with Crippen molar-refractivity contribution in [2.75, 3.05) is 20.7 Å². The fourth-order valence-corrected chi connectivity index (χ4v) is 4.46. The smallest absolute Gasteiger partial charge is 0.0975 e. The molecule has 1 aliphatic heterocycles. The van der Waals surface area contributed by atoms with Gasteiger partial charge in [0.2, 0.25) is 0 Å². The van der Waals surface area contributed by atoms with E-state index in [4.69, 9.17) is 4.74 Å². The first-order chi connectivity index (χ1) is 9.81. The van der Waals surface area contributed by atoms with E-state index in [1.807, 2.05) is 7.11 Å². The molecular formula is C16H19NOS2. The minimum absolute atomic E-state index is 0.202. The fourth-order valence-electron chi connectivity index (χ4n) is 2.81. The number of likely N-dealkylation sites (N-methyl/N-ethyl adjacent to an activating group) is 1. The molecule has 1 fully saturated rings. The minimum atomic E-state index is 0.202. The Morgan fingerprint density at radius 1 is 1.20 bits per heavy atom. The van der Waals surface area contributed by atoms with Gasteiger partial charge in [0.05, 0.1) is 11.8 Å². The predicted octanol–water partition coefficient (Wildman–Crippen LogP) is 4.31. The zero-order valence-electron chi connectivity index (χ0n) is 11.8. The van der Waals surface area contributed by atoms with Crippen LogP contribution in [0.25, 0.3) is 5.57 Å². The maximum Gasteiger partial charge on any atom is 0.0975 e. The van der Waals surface area contributed by atoms with Gasteiger partial charge in [-0.05, 0) is 35.7 Å². The summed E-state index contributed by atoms with van der Waals surface area (Å²) in [6, 6.07) is 8.67. The molecule has 0 bridgehead atoms. The van der Waals surface area contributed by atoms with Crippen LogP contribution in [-0.4, -0.2) is 31.7 Å². The summed E-state index contributed by atoms with van der Waals surface area (Å²) >= 11 is 3.61. The molecule has 0 N–H and O–H groups in total. The third-order valence-electron chi connectivity index (χ3n) is 3.75. The molecular weight excluding hydrogens is 286 g/mol. The van der Waals surface area contributed by atoms with E-state index in [0.29, 0.717) is 0 Å². The molecule has 0 amide bonds. The summed E-state index contributed by atoms with van der Waals surface area (Å²) < 4.78 is 5.76. The summed E-state index contributed by atoms with van der Waals surface area (Å²) in [5.74, 6) is 0. The first-order valence-electron chi connectivity index (χ1n) is 6.87. The molecule has 20 heavy (non-hydrogen) atoms. The van der Waals surface area contributed by atoms with Gasteiger partial charge in [-0.25, -0.2) is 0 Å². The molecule has 0 radical (unpaired) electrons. The van der Waals surface area contributed by atoms with Crippen molar-refractivity contribution < 1.29 is 4.74 Å². The minimum Gasteiger partial charge on any atom is -0.375 e. The number of likely N-dealkylation sites (tertiary alicyclic amines) is 1. The number of nitrogens with zero attached hydrogens (tertiary/aromatic N) is 1. The van der Waals surface area contributed by atoms with Crippen molar-refractivity contribution in [3.63, 3.8) is 0 Å². The molecule has 4 heteroatoms. The van der Waals surface area contributed by atoms with Gasteiger partial charge in [-0.15, -0.1) is 22.7 Å². The average molecular weight is 305 g/mol. The van der Waals surface area contributed by atoms with Crippen LogP contribution in [0.15, 0.2) is 40.7 Å². The summed E-state index contributed by atoms with van der Waals surface area (Å²) in [6.07, 6.45) is 2.50. The highest BCUT2D eigenvalue weighted by molar-refractivity contribution is 7.13. The summed E-state index contributed by atoms with van der Waals surface area (Å²) in [5.41, 5.74) is 2.69. The summed E-state index contributed by atoms with van der Waals surface area (Å²) in [6.45, 7) is 1.11. The van der Waals surface area contributed by atoms with E-state index in [9.17, 15) is 0 Å². The Balaban J connectivity index is 2.18. The highest BCUT2D eigenvalue weighted by Gasteiger charge is 2.27. The van der Waals surface area contributed by atoms with Crippen molar-refractivity contribution in [2.45, 2.75) is 18.9 Å². The number of thiophene rings is 2. The Morgan fingerprint density at radius 3 is 2.35 bits per heavy atom. The SMILES string of the molecule is COC1CCCN(C)C1=C(c1cccs1)c1cccs1. The monoisotopic (exact) mass is 305 g/mol. The molecule has 2 aromatic rings. The van der Waals surface area contributed by atoms with E-state index in [2.05, 4.69) is 47.0 Å². The molecule has 1 unspecified atom stereocenters. The number of hydrogen-bond acceptors (Lipinski definition) is 4. The van der Waals surface area contributed by atoms with Crippen LogP contribution in [-0.2, 0) is 4.74 Å². The quantitative estimate of drug-likeness (QED) is 0.838. The Labute approximate surface area is 128 Å². The number of piperidine rings is 1. The van der Waals surface area contributed by atoms with Crippen molar-refractivity contribution >= 4 is 28.2 Å². The molecule has 0 aliphatic carbocycles. The summed E-state index contributed by atoms with van der Waals surface area (Å²) in [5, 5.41) is 4.29. The molecule has 3 rings (SSSR count). The number of ether oxygens (including phenoxy) is 1. The third-order valence-corrected chi connectivity index (χ3v) is 5.53. The highest BCUT2D eigenvalue weighted by atomic mass is 32.1. The van der Waals surface area contributed by atoms with Crippen LogP contribution in [0.5, 0.6) is 0 Å². The molecule has 3 heterocycles. The molecule has 0 aromatic carbocycles. The lowest BCUT2D eigenvalue weighted by atomic mass is 9.98. The Morgan fingerprint density at radius 2 is 1.85 bits per heavy atom. The van der Waals surface area contributed by atoms with Crippen LogP contribution in [0.3, 0.4) is 0 Å². The van der Waals surface area contributed by atoms with Gasteiger partial charge in [-0.1, -0.05) is 12.1 Å². The first kappa shape index (κ1) is 13.9. The molecule has 2 nitrogen and oxygen atoms in total. The lowest BCUT2D eigenvalue weighted by Crippen LogP contribution is -2.35. The average Bonchev–Trinajstić information content (AvgIpc) is 3.14. The van der Waals surface area contributed by atoms with Crippen LogP contribution in [0.2, 0.25) is 0 Å². The second-order valence-corrected chi connectivity index (χ2v) is 6.90. The lowest BCUT2D eigenvalue weighted by molar-refractivity contribution is 0.0791. The van der Waals surface area contributed by atoms with E-state index < -0.39 is 0 Å². The van der Waals surface area contributed by atoms with Gasteiger partial charge in [0.1, 0.15) is 0 Å². The molecule has 106 valence electrons. The number of methoxy groups -OCH3 is 1. The topological polar surface area (TPSA) is 12.5 Å². The van der Waals surface area contributed by atoms with Gasteiger partial charge in [-0.2, -0.15) is 0 Å². The van der Waals surface area contributed by atoms with Gasteiger partial charge in [0, 0.05) is 36.0 Å². The third kappa shape index (κ3) is 2.55. The van der Waals surface area contributed by atoms with Crippen LogP contribution in [0.4, 0.5) is 0 Å². The molecule has 1 aliphatic rings. The van der Waals surface area contributed by atoms with Crippen LogP contribution < -0.4 is 0 Å². The van der Waals surface area contributed by atoms with E-state index in [0.717, 1.165) is 13.0 Å². The van der Waals surface area contributed by atoms with E-state index in [1.165, 1.54) is 27.4 Å². The first-order valence-corrected chi connectivity index (χ1v) is 8.63. The Hall–Kier alpha value is -1.10. The molecule has 0 spiro atoms. The molecule has 1 saturated heterocycles. The van der Waals surface area contributed by atoms with Crippen LogP contribution in [0, 0.1) is 0 Å². The van der Waals surface area contributed by atoms with Crippen LogP contribution >= 0.6 is 22.7 Å². The predicted molar refractivity (Wildman–Crippen MR) is 87.3 cm³/mol. The summed E-state index contributed by atoms with van der Waals surface area (Å²) in [4.78, 5) is 5.03. The fraction of sp³-hybridized carbons (Fsp3) is 0.375. The largest absolute Gasteiger partial charge is 0.375 e. The second kappa shape index (κ2) is 6.12. The Kier molecular flexibility index (Phi) is 4.24. The maximum absolute atomic E-state index is 5.76. The second-order valence-electron chi connectivity index (χ2n) is 5.00. The molecule has 1 atom stereocenters. The Bertz CT molecular complexity index is 535.